The standard InChI is InChI=1S/C27H27N7O/c1-2-3-11-22-19-33(17-20-9-5-4-6-10-20)27(35)34(22)18-21-14-15-25(28-16-21)23-12-7-8-13-24(23)26-29-31-32-30-26/h4-10,12-16,19H,2-3,11,17-18H2,1H3,(H,29,30,31,32). The third-order valence-electron chi connectivity index (χ3n) is 6.07. The van der Waals surface area contributed by atoms with Crippen molar-refractivity contribution in [2.24, 2.45) is 0 Å². The van der Waals surface area contributed by atoms with E-state index in [4.69, 9.17) is 4.98 Å². The van der Waals surface area contributed by atoms with Crippen LogP contribution in [0.1, 0.15) is 36.6 Å². The van der Waals surface area contributed by atoms with Crippen molar-refractivity contribution in [2.45, 2.75) is 39.3 Å². The Morgan fingerprint density at radius 3 is 2.40 bits per heavy atom. The maximum atomic E-state index is 13.3. The molecule has 0 unspecified atom stereocenters. The van der Waals surface area contributed by atoms with Gasteiger partial charge in [-0.05, 0) is 35.2 Å². The monoisotopic (exact) mass is 465 g/mol. The summed E-state index contributed by atoms with van der Waals surface area (Å²) in [4.78, 5) is 18.0. The lowest BCUT2D eigenvalue weighted by molar-refractivity contribution is 0.654. The number of nitrogens with one attached hydrogen (secondary N) is 1. The number of H-pyrrole nitrogens is 1. The van der Waals surface area contributed by atoms with Crippen LogP contribution >= 0.6 is 0 Å². The summed E-state index contributed by atoms with van der Waals surface area (Å²) in [7, 11) is 0. The number of hydrogen-bond donors (Lipinski definition) is 1. The summed E-state index contributed by atoms with van der Waals surface area (Å²) >= 11 is 0. The van der Waals surface area contributed by atoms with Crippen molar-refractivity contribution in [3.63, 3.8) is 0 Å². The van der Waals surface area contributed by atoms with E-state index in [-0.39, 0.29) is 5.69 Å². The van der Waals surface area contributed by atoms with Crippen molar-refractivity contribution in [3.05, 3.63) is 106 Å². The molecule has 8 heteroatoms. The van der Waals surface area contributed by atoms with Gasteiger partial charge in [-0.1, -0.05) is 74.0 Å². The molecule has 0 spiro atoms. The third-order valence-corrected chi connectivity index (χ3v) is 6.07. The molecule has 0 atom stereocenters. The summed E-state index contributed by atoms with van der Waals surface area (Å²) in [6.07, 6.45) is 6.84. The summed E-state index contributed by atoms with van der Waals surface area (Å²) in [5, 5.41) is 14.4. The zero-order valence-electron chi connectivity index (χ0n) is 19.6. The van der Waals surface area contributed by atoms with Crippen LogP contribution in [0.15, 0.2) is 83.9 Å². The van der Waals surface area contributed by atoms with Crippen LogP contribution < -0.4 is 5.69 Å². The van der Waals surface area contributed by atoms with Gasteiger partial charge in [0.15, 0.2) is 0 Å². The predicted molar refractivity (Wildman–Crippen MR) is 135 cm³/mol. The minimum absolute atomic E-state index is 0.00600. The van der Waals surface area contributed by atoms with Gasteiger partial charge in [-0.2, -0.15) is 5.21 Å². The van der Waals surface area contributed by atoms with Crippen molar-refractivity contribution in [2.75, 3.05) is 0 Å². The highest BCUT2D eigenvalue weighted by atomic mass is 16.1. The first-order valence-corrected chi connectivity index (χ1v) is 11.8. The van der Waals surface area contributed by atoms with Gasteiger partial charge in [-0.3, -0.25) is 14.1 Å². The quantitative estimate of drug-likeness (QED) is 0.350. The molecule has 3 aromatic heterocycles. The van der Waals surface area contributed by atoms with Crippen LogP contribution in [0.4, 0.5) is 0 Å². The average molecular weight is 466 g/mol. The molecule has 0 saturated heterocycles. The average Bonchev–Trinajstić information content (AvgIpc) is 3.54. The van der Waals surface area contributed by atoms with Crippen LogP contribution in [0, 0.1) is 0 Å². The van der Waals surface area contributed by atoms with Gasteiger partial charge in [-0.25, -0.2) is 4.79 Å². The second-order valence-corrected chi connectivity index (χ2v) is 8.54. The lowest BCUT2D eigenvalue weighted by atomic mass is 10.0. The number of nitrogens with zero attached hydrogens (tertiary/aromatic N) is 6. The Balaban J connectivity index is 1.42. The van der Waals surface area contributed by atoms with Crippen LogP contribution in [0.5, 0.6) is 0 Å². The lowest BCUT2D eigenvalue weighted by Crippen LogP contribution is -2.26. The van der Waals surface area contributed by atoms with Gasteiger partial charge in [0.05, 0.1) is 18.8 Å². The highest BCUT2D eigenvalue weighted by Crippen LogP contribution is 2.28. The van der Waals surface area contributed by atoms with Crippen molar-refractivity contribution in [1.29, 1.82) is 0 Å². The van der Waals surface area contributed by atoms with Gasteiger partial charge in [0.25, 0.3) is 0 Å². The fraction of sp³-hybridized carbons (Fsp3) is 0.222. The zero-order valence-corrected chi connectivity index (χ0v) is 19.6. The topological polar surface area (TPSA) is 94.3 Å². The first kappa shape index (κ1) is 22.5. The Hall–Kier alpha value is -4.33. The second-order valence-electron chi connectivity index (χ2n) is 8.54. The van der Waals surface area contributed by atoms with Gasteiger partial charge in [-0.15, -0.1) is 10.2 Å². The fourth-order valence-corrected chi connectivity index (χ4v) is 4.24. The molecule has 0 amide bonds. The zero-order chi connectivity index (χ0) is 24.0. The van der Waals surface area contributed by atoms with E-state index in [9.17, 15) is 4.79 Å². The van der Waals surface area contributed by atoms with Crippen molar-refractivity contribution < 1.29 is 0 Å². The maximum Gasteiger partial charge on any atom is 0.328 e. The van der Waals surface area contributed by atoms with E-state index < -0.39 is 0 Å². The minimum atomic E-state index is 0.00600. The predicted octanol–water partition coefficient (Wildman–Crippen LogP) is 4.33. The van der Waals surface area contributed by atoms with E-state index in [1.807, 2.05) is 88.3 Å². The number of tetrazole rings is 1. The van der Waals surface area contributed by atoms with Crippen LogP contribution in [0.2, 0.25) is 0 Å². The van der Waals surface area contributed by atoms with Crippen molar-refractivity contribution in [3.8, 4) is 22.6 Å². The van der Waals surface area contributed by atoms with E-state index in [1.54, 1.807) is 0 Å². The molecule has 0 aliphatic heterocycles. The van der Waals surface area contributed by atoms with Crippen LogP contribution in [-0.4, -0.2) is 34.7 Å². The summed E-state index contributed by atoms with van der Waals surface area (Å²) in [5.41, 5.74) is 5.75. The molecule has 5 aromatic rings. The number of unbranched alkanes of at least 4 members (excludes halogenated alkanes) is 1. The Kier molecular flexibility index (Phi) is 6.61. The van der Waals surface area contributed by atoms with Crippen molar-refractivity contribution >= 4 is 0 Å². The molecule has 3 heterocycles. The summed E-state index contributed by atoms with van der Waals surface area (Å²) < 4.78 is 3.69. The number of aromatic nitrogens is 7. The number of hydrogen-bond acceptors (Lipinski definition) is 5. The van der Waals surface area contributed by atoms with Gasteiger partial charge in [0.1, 0.15) is 0 Å². The lowest BCUT2D eigenvalue weighted by Gasteiger charge is -2.09. The molecule has 5 rings (SSSR count). The smallest absolute Gasteiger partial charge is 0.295 e. The van der Waals surface area contributed by atoms with Crippen LogP contribution in [-0.2, 0) is 19.5 Å². The molecule has 1 N–H and O–H groups in total. The molecule has 0 bridgehead atoms. The second kappa shape index (κ2) is 10.3. The first-order valence-electron chi connectivity index (χ1n) is 11.8. The van der Waals surface area contributed by atoms with Crippen LogP contribution in [0.25, 0.3) is 22.6 Å². The number of aromatic amines is 1. The highest BCUT2D eigenvalue weighted by Gasteiger charge is 2.14. The van der Waals surface area contributed by atoms with Gasteiger partial charge >= 0.3 is 5.69 Å². The van der Waals surface area contributed by atoms with E-state index in [1.165, 1.54) is 0 Å². The Morgan fingerprint density at radius 1 is 0.886 bits per heavy atom. The molecule has 0 radical (unpaired) electrons. The highest BCUT2D eigenvalue weighted by molar-refractivity contribution is 5.78. The molecule has 2 aromatic carbocycles. The fourth-order valence-electron chi connectivity index (χ4n) is 4.24. The van der Waals surface area contributed by atoms with E-state index in [2.05, 4.69) is 27.5 Å². The Morgan fingerprint density at radius 2 is 1.69 bits per heavy atom. The molecular formula is C27H27N7O. The summed E-state index contributed by atoms with van der Waals surface area (Å²) in [6, 6.07) is 21.9. The van der Waals surface area contributed by atoms with Crippen LogP contribution in [0.3, 0.4) is 0 Å². The van der Waals surface area contributed by atoms with E-state index >= 15 is 0 Å². The summed E-state index contributed by atoms with van der Waals surface area (Å²) in [6.45, 7) is 3.22. The number of pyridine rings is 1. The number of benzene rings is 2. The SMILES string of the molecule is CCCCc1cn(Cc2ccccc2)c(=O)n1Cc1ccc(-c2ccccc2-c2nn[nH]n2)nc1. The van der Waals surface area contributed by atoms with Crippen molar-refractivity contribution in [1.82, 2.24) is 34.7 Å². The van der Waals surface area contributed by atoms with E-state index in [0.29, 0.717) is 18.9 Å². The molecular weight excluding hydrogens is 438 g/mol. The first-order chi connectivity index (χ1) is 17.2. The molecule has 0 fully saturated rings. The molecule has 0 aliphatic carbocycles. The number of aryl methyl sites for hydroxylation is 1. The van der Waals surface area contributed by atoms with Gasteiger partial charge in [0.2, 0.25) is 5.82 Å². The Bertz CT molecular complexity index is 1440. The molecule has 0 aliphatic rings. The molecule has 0 saturated carbocycles. The third kappa shape index (κ3) is 4.96. The maximum absolute atomic E-state index is 13.3. The number of imidazole rings is 1. The summed E-state index contributed by atoms with van der Waals surface area (Å²) in [5.74, 6) is 0.526. The molecule has 176 valence electrons. The van der Waals surface area contributed by atoms with E-state index in [0.717, 1.165) is 52.9 Å². The number of rotatable bonds is 9. The molecule has 8 nitrogen and oxygen atoms in total. The van der Waals surface area contributed by atoms with Gasteiger partial charge < -0.3 is 0 Å². The Labute approximate surface area is 203 Å². The minimum Gasteiger partial charge on any atom is -0.295 e. The normalized spacial score (nSPS) is 11.1. The molecule has 35 heavy (non-hydrogen) atoms. The van der Waals surface area contributed by atoms with Gasteiger partial charge in [0, 0.05) is 29.2 Å². The largest absolute Gasteiger partial charge is 0.328 e.